The number of aromatic nitrogens is 1. The lowest BCUT2D eigenvalue weighted by molar-refractivity contribution is 0.0639. The molecule has 1 aromatic rings. The van der Waals surface area contributed by atoms with E-state index in [1.165, 1.54) is 0 Å². The smallest absolute Gasteiger partial charge is 0.276 e. The summed E-state index contributed by atoms with van der Waals surface area (Å²) in [4.78, 5) is 14.0. The van der Waals surface area contributed by atoms with Crippen LogP contribution in [0.2, 0.25) is 0 Å². The van der Waals surface area contributed by atoms with E-state index < -0.39 is 0 Å². The van der Waals surface area contributed by atoms with Gasteiger partial charge < -0.3 is 15.2 Å². The van der Waals surface area contributed by atoms with Crippen LogP contribution < -0.4 is 5.73 Å². The SMILES string of the molecule is CCC1CN(C(=O)c2cc(C)on2)CCC1N. The summed E-state index contributed by atoms with van der Waals surface area (Å²) in [7, 11) is 0. The molecule has 17 heavy (non-hydrogen) atoms. The Morgan fingerprint density at radius 3 is 3.06 bits per heavy atom. The summed E-state index contributed by atoms with van der Waals surface area (Å²) in [6.45, 7) is 5.33. The van der Waals surface area contributed by atoms with E-state index in [0.717, 1.165) is 19.4 Å². The van der Waals surface area contributed by atoms with E-state index in [-0.39, 0.29) is 11.9 Å². The molecule has 5 heteroatoms. The third-order valence-corrected chi connectivity index (χ3v) is 3.45. The second-order valence-electron chi connectivity index (χ2n) is 4.69. The fourth-order valence-electron chi connectivity index (χ4n) is 2.30. The minimum atomic E-state index is -0.0489. The highest BCUT2D eigenvalue weighted by Crippen LogP contribution is 2.20. The second kappa shape index (κ2) is 4.87. The molecular formula is C12H19N3O2. The molecule has 2 unspecified atom stereocenters. The van der Waals surface area contributed by atoms with Gasteiger partial charge in [0.1, 0.15) is 5.76 Å². The summed E-state index contributed by atoms with van der Waals surface area (Å²) >= 11 is 0. The van der Waals surface area contributed by atoms with Gasteiger partial charge in [-0.25, -0.2) is 0 Å². The molecule has 0 bridgehead atoms. The Morgan fingerprint density at radius 1 is 1.71 bits per heavy atom. The fourth-order valence-corrected chi connectivity index (χ4v) is 2.30. The first kappa shape index (κ1) is 12.1. The van der Waals surface area contributed by atoms with Crippen LogP contribution in [0, 0.1) is 12.8 Å². The molecule has 0 spiro atoms. The number of rotatable bonds is 2. The minimum Gasteiger partial charge on any atom is -0.361 e. The monoisotopic (exact) mass is 237 g/mol. The Kier molecular flexibility index (Phi) is 3.47. The van der Waals surface area contributed by atoms with Crippen molar-refractivity contribution >= 4 is 5.91 Å². The quantitative estimate of drug-likeness (QED) is 0.838. The summed E-state index contributed by atoms with van der Waals surface area (Å²) in [5, 5.41) is 3.76. The topological polar surface area (TPSA) is 72.4 Å². The molecule has 1 saturated heterocycles. The molecule has 0 aliphatic carbocycles. The maximum atomic E-state index is 12.1. The molecule has 1 aromatic heterocycles. The zero-order valence-electron chi connectivity index (χ0n) is 10.3. The van der Waals surface area contributed by atoms with Gasteiger partial charge in [-0.05, 0) is 19.3 Å². The van der Waals surface area contributed by atoms with Crippen molar-refractivity contribution in [3.05, 3.63) is 17.5 Å². The molecule has 2 atom stereocenters. The third-order valence-electron chi connectivity index (χ3n) is 3.45. The number of hydrogen-bond donors (Lipinski definition) is 1. The van der Waals surface area contributed by atoms with Crippen molar-refractivity contribution in [2.45, 2.75) is 32.7 Å². The van der Waals surface area contributed by atoms with Crippen LogP contribution in [-0.4, -0.2) is 35.1 Å². The van der Waals surface area contributed by atoms with Gasteiger partial charge in [0.05, 0.1) is 0 Å². The largest absolute Gasteiger partial charge is 0.361 e. The van der Waals surface area contributed by atoms with Gasteiger partial charge in [-0.15, -0.1) is 0 Å². The van der Waals surface area contributed by atoms with Crippen LogP contribution >= 0.6 is 0 Å². The van der Waals surface area contributed by atoms with Crippen LogP contribution in [0.4, 0.5) is 0 Å². The lowest BCUT2D eigenvalue weighted by Crippen LogP contribution is -2.49. The molecule has 5 nitrogen and oxygen atoms in total. The second-order valence-corrected chi connectivity index (χ2v) is 4.69. The number of nitrogens with two attached hydrogens (primary N) is 1. The van der Waals surface area contributed by atoms with Gasteiger partial charge in [-0.1, -0.05) is 18.5 Å². The van der Waals surface area contributed by atoms with Gasteiger partial charge in [0.25, 0.3) is 5.91 Å². The molecular weight excluding hydrogens is 218 g/mol. The first-order valence-electron chi connectivity index (χ1n) is 6.10. The number of aryl methyl sites for hydroxylation is 1. The molecule has 2 N–H and O–H groups in total. The Morgan fingerprint density at radius 2 is 2.47 bits per heavy atom. The zero-order valence-corrected chi connectivity index (χ0v) is 10.3. The molecule has 2 heterocycles. The van der Waals surface area contributed by atoms with Crippen LogP contribution in [-0.2, 0) is 0 Å². The van der Waals surface area contributed by atoms with Crippen molar-refractivity contribution < 1.29 is 9.32 Å². The van der Waals surface area contributed by atoms with Gasteiger partial charge in [-0.2, -0.15) is 0 Å². The van der Waals surface area contributed by atoms with Crippen molar-refractivity contribution in [1.82, 2.24) is 10.1 Å². The lowest BCUT2D eigenvalue weighted by Gasteiger charge is -2.36. The number of nitrogens with zero attached hydrogens (tertiary/aromatic N) is 2. The van der Waals surface area contributed by atoms with E-state index >= 15 is 0 Å². The van der Waals surface area contributed by atoms with E-state index in [1.807, 2.05) is 4.90 Å². The maximum Gasteiger partial charge on any atom is 0.276 e. The summed E-state index contributed by atoms with van der Waals surface area (Å²) in [6, 6.07) is 1.89. The number of piperidine rings is 1. The van der Waals surface area contributed by atoms with Crippen molar-refractivity contribution in [2.75, 3.05) is 13.1 Å². The Hall–Kier alpha value is -1.36. The van der Waals surface area contributed by atoms with E-state index in [2.05, 4.69) is 12.1 Å². The van der Waals surface area contributed by atoms with E-state index in [1.54, 1.807) is 13.0 Å². The average Bonchev–Trinajstić information content (AvgIpc) is 2.75. The van der Waals surface area contributed by atoms with Crippen LogP contribution in [0.15, 0.2) is 10.6 Å². The summed E-state index contributed by atoms with van der Waals surface area (Å²) in [5.74, 6) is 1.00. The Balaban J connectivity index is 2.05. The van der Waals surface area contributed by atoms with Gasteiger partial charge >= 0.3 is 0 Å². The predicted octanol–water partition coefficient (Wildman–Crippen LogP) is 1.18. The lowest BCUT2D eigenvalue weighted by atomic mass is 9.90. The highest BCUT2D eigenvalue weighted by molar-refractivity contribution is 5.92. The predicted molar refractivity (Wildman–Crippen MR) is 63.5 cm³/mol. The van der Waals surface area contributed by atoms with Gasteiger partial charge in [0.15, 0.2) is 5.69 Å². The van der Waals surface area contributed by atoms with Gasteiger partial charge in [0, 0.05) is 25.2 Å². The van der Waals surface area contributed by atoms with Gasteiger partial charge in [0.2, 0.25) is 0 Å². The molecule has 0 aromatic carbocycles. The number of hydrogen-bond acceptors (Lipinski definition) is 4. The number of amides is 1. The van der Waals surface area contributed by atoms with Crippen LogP contribution in [0.3, 0.4) is 0 Å². The zero-order chi connectivity index (χ0) is 12.4. The normalized spacial score (nSPS) is 25.0. The Bertz CT molecular complexity index is 402. The van der Waals surface area contributed by atoms with Crippen molar-refractivity contribution in [3.63, 3.8) is 0 Å². The highest BCUT2D eigenvalue weighted by Gasteiger charge is 2.29. The first-order valence-corrected chi connectivity index (χ1v) is 6.10. The van der Waals surface area contributed by atoms with E-state index in [0.29, 0.717) is 23.9 Å². The van der Waals surface area contributed by atoms with E-state index in [4.69, 9.17) is 10.3 Å². The number of likely N-dealkylation sites (tertiary alicyclic amines) is 1. The third kappa shape index (κ3) is 2.49. The molecule has 2 rings (SSSR count). The average molecular weight is 237 g/mol. The van der Waals surface area contributed by atoms with Crippen LogP contribution in [0.1, 0.15) is 36.0 Å². The maximum absolute atomic E-state index is 12.1. The molecule has 1 aliphatic rings. The van der Waals surface area contributed by atoms with E-state index in [9.17, 15) is 4.79 Å². The van der Waals surface area contributed by atoms with Crippen molar-refractivity contribution in [3.8, 4) is 0 Å². The Labute approximate surface area is 101 Å². The van der Waals surface area contributed by atoms with Crippen molar-refractivity contribution in [2.24, 2.45) is 11.7 Å². The fraction of sp³-hybridized carbons (Fsp3) is 0.667. The van der Waals surface area contributed by atoms with Gasteiger partial charge in [-0.3, -0.25) is 4.79 Å². The first-order chi connectivity index (χ1) is 8.11. The number of carbonyl (C=O) groups is 1. The molecule has 1 fully saturated rings. The molecule has 1 amide bonds. The molecule has 0 radical (unpaired) electrons. The van der Waals surface area contributed by atoms with Crippen LogP contribution in [0.5, 0.6) is 0 Å². The van der Waals surface area contributed by atoms with Crippen molar-refractivity contribution in [1.29, 1.82) is 0 Å². The highest BCUT2D eigenvalue weighted by atomic mass is 16.5. The summed E-state index contributed by atoms with van der Waals surface area (Å²) < 4.78 is 4.93. The summed E-state index contributed by atoms with van der Waals surface area (Å²) in [6.07, 6.45) is 1.86. The molecule has 94 valence electrons. The minimum absolute atomic E-state index is 0.0489. The summed E-state index contributed by atoms with van der Waals surface area (Å²) in [5.41, 5.74) is 6.42. The molecule has 1 aliphatic heterocycles. The number of carbonyl (C=O) groups excluding carboxylic acids is 1. The standard InChI is InChI=1S/C12H19N3O2/c1-3-9-7-15(5-4-10(9)13)12(16)11-6-8(2)17-14-11/h6,9-10H,3-5,7,13H2,1-2H3. The van der Waals surface area contributed by atoms with Crippen LogP contribution in [0.25, 0.3) is 0 Å². The molecule has 0 saturated carbocycles.